The van der Waals surface area contributed by atoms with E-state index in [4.69, 9.17) is 0 Å². The number of rotatable bonds is 4. The summed E-state index contributed by atoms with van der Waals surface area (Å²) in [5.41, 5.74) is 0.950. The van der Waals surface area contributed by atoms with Gasteiger partial charge >= 0.3 is 0 Å². The van der Waals surface area contributed by atoms with E-state index in [1.165, 1.54) is 6.08 Å². The van der Waals surface area contributed by atoms with Gasteiger partial charge in [0.1, 0.15) is 0 Å². The first-order valence-electron chi connectivity index (χ1n) is 7.59. The Labute approximate surface area is 136 Å². The first-order chi connectivity index (χ1) is 11.0. The van der Waals surface area contributed by atoms with E-state index in [1.54, 1.807) is 36.4 Å². The van der Waals surface area contributed by atoms with Gasteiger partial charge in [0.25, 0.3) is 0 Å². The molecule has 0 saturated heterocycles. The van der Waals surface area contributed by atoms with Crippen LogP contribution in [-0.4, -0.2) is 18.9 Å². The first-order valence-corrected chi connectivity index (χ1v) is 9.08. The van der Waals surface area contributed by atoms with Crippen LogP contribution in [0.4, 0.5) is 0 Å². The molecule has 3 nitrogen and oxygen atoms in total. The van der Waals surface area contributed by atoms with Gasteiger partial charge in [-0.05, 0) is 36.6 Å². The summed E-state index contributed by atoms with van der Waals surface area (Å²) < 4.78 is 25.4. The van der Waals surface area contributed by atoms with Gasteiger partial charge in [0.05, 0.1) is 9.64 Å². The molecule has 0 amide bonds. The maximum Gasteiger partial charge on any atom is 0.187 e. The van der Waals surface area contributed by atoms with Crippen molar-refractivity contribution in [2.45, 2.75) is 28.9 Å². The van der Waals surface area contributed by atoms with E-state index >= 15 is 0 Å². The molecule has 0 fully saturated rings. The Bertz CT molecular complexity index is 823. The van der Waals surface area contributed by atoms with Gasteiger partial charge in [0.2, 0.25) is 0 Å². The van der Waals surface area contributed by atoms with Gasteiger partial charge in [-0.3, -0.25) is 4.79 Å². The molecule has 0 N–H and O–H groups in total. The minimum atomic E-state index is -3.58. The van der Waals surface area contributed by atoms with E-state index < -0.39 is 14.6 Å². The second-order valence-corrected chi connectivity index (χ2v) is 8.13. The Morgan fingerprint density at radius 2 is 1.52 bits per heavy atom. The molecule has 4 heteroatoms. The molecular weight excluding hydrogens is 308 g/mol. The molecule has 2 aromatic carbocycles. The lowest BCUT2D eigenvalue weighted by Gasteiger charge is -2.32. The highest BCUT2D eigenvalue weighted by Crippen LogP contribution is 2.37. The van der Waals surface area contributed by atoms with Crippen LogP contribution in [0.3, 0.4) is 0 Å². The quantitative estimate of drug-likeness (QED) is 0.865. The second-order valence-electron chi connectivity index (χ2n) is 5.84. The Hall–Kier alpha value is -2.20. The molecule has 118 valence electrons. The number of carbonyl (C=O) groups excluding carboxylic acids is 1. The van der Waals surface area contributed by atoms with Crippen LogP contribution < -0.4 is 0 Å². The fourth-order valence-electron chi connectivity index (χ4n) is 2.99. The van der Waals surface area contributed by atoms with Crippen molar-refractivity contribution in [1.82, 2.24) is 0 Å². The fourth-order valence-corrected chi connectivity index (χ4v) is 4.95. The third-order valence-corrected chi connectivity index (χ3v) is 6.75. The smallest absolute Gasteiger partial charge is 0.187 e. The molecular formula is C19H18O3S. The molecule has 1 unspecified atom stereocenters. The van der Waals surface area contributed by atoms with Gasteiger partial charge in [-0.25, -0.2) is 8.42 Å². The van der Waals surface area contributed by atoms with Crippen LogP contribution in [0.1, 0.15) is 18.4 Å². The summed E-state index contributed by atoms with van der Waals surface area (Å²) in [7, 11) is -3.58. The van der Waals surface area contributed by atoms with Gasteiger partial charge in [-0.2, -0.15) is 0 Å². The van der Waals surface area contributed by atoms with Crippen LogP contribution in [0.5, 0.6) is 0 Å². The molecule has 1 atom stereocenters. The predicted octanol–water partition coefficient (Wildman–Crippen LogP) is 3.36. The molecule has 0 bridgehead atoms. The second kappa shape index (κ2) is 6.13. The maximum atomic E-state index is 13.3. The van der Waals surface area contributed by atoms with Crippen LogP contribution in [0.15, 0.2) is 77.7 Å². The van der Waals surface area contributed by atoms with Crippen molar-refractivity contribution >= 4 is 15.6 Å². The van der Waals surface area contributed by atoms with Crippen molar-refractivity contribution in [2.24, 2.45) is 0 Å². The van der Waals surface area contributed by atoms with Gasteiger partial charge in [0.15, 0.2) is 15.6 Å². The topological polar surface area (TPSA) is 51.2 Å². The summed E-state index contributed by atoms with van der Waals surface area (Å²) in [5, 5.41) is 0. The van der Waals surface area contributed by atoms with Crippen molar-refractivity contribution in [3.8, 4) is 0 Å². The number of benzene rings is 2. The van der Waals surface area contributed by atoms with Crippen LogP contribution in [-0.2, 0) is 21.1 Å². The number of ketones is 1. The van der Waals surface area contributed by atoms with E-state index in [-0.39, 0.29) is 12.2 Å². The van der Waals surface area contributed by atoms with Crippen LogP contribution in [0.25, 0.3) is 0 Å². The van der Waals surface area contributed by atoms with Crippen molar-refractivity contribution in [3.63, 3.8) is 0 Å². The summed E-state index contributed by atoms with van der Waals surface area (Å²) >= 11 is 0. The van der Waals surface area contributed by atoms with Gasteiger partial charge < -0.3 is 0 Å². The van der Waals surface area contributed by atoms with Crippen molar-refractivity contribution in [3.05, 3.63) is 78.4 Å². The molecule has 1 aliphatic carbocycles. The lowest BCUT2D eigenvalue weighted by Crippen LogP contribution is -2.41. The Balaban J connectivity index is 2.10. The lowest BCUT2D eigenvalue weighted by atomic mass is 9.88. The van der Waals surface area contributed by atoms with E-state index in [0.717, 1.165) is 5.56 Å². The fraction of sp³-hybridized carbons (Fsp3) is 0.211. The molecule has 0 heterocycles. The Morgan fingerprint density at radius 3 is 2.09 bits per heavy atom. The summed E-state index contributed by atoms with van der Waals surface area (Å²) in [4.78, 5) is 11.9. The normalized spacial score (nSPS) is 21.3. The Morgan fingerprint density at radius 1 is 0.913 bits per heavy atom. The van der Waals surface area contributed by atoms with E-state index in [9.17, 15) is 13.2 Å². The number of hydrogen-bond donors (Lipinski definition) is 0. The van der Waals surface area contributed by atoms with Crippen LogP contribution in [0.2, 0.25) is 0 Å². The summed E-state index contributed by atoms with van der Waals surface area (Å²) in [6.45, 7) is 0. The van der Waals surface area contributed by atoms with Crippen molar-refractivity contribution < 1.29 is 13.2 Å². The largest absolute Gasteiger partial charge is 0.295 e. The minimum absolute atomic E-state index is 0.0167. The van der Waals surface area contributed by atoms with E-state index in [2.05, 4.69) is 0 Å². The highest BCUT2D eigenvalue weighted by atomic mass is 32.2. The molecule has 0 aliphatic heterocycles. The number of sulfone groups is 1. The summed E-state index contributed by atoms with van der Waals surface area (Å²) in [6, 6.07) is 18.0. The van der Waals surface area contributed by atoms with Crippen molar-refractivity contribution in [2.75, 3.05) is 0 Å². The molecule has 1 aliphatic rings. The Kier molecular flexibility index (Phi) is 4.18. The van der Waals surface area contributed by atoms with Gasteiger partial charge in [0, 0.05) is 6.42 Å². The van der Waals surface area contributed by atoms with E-state index in [1.807, 2.05) is 30.3 Å². The first kappa shape index (κ1) is 15.7. The SMILES string of the molecule is O=C1C=CC(Cc2ccccc2)(S(=O)(=O)c2ccccc2)CC1. The van der Waals surface area contributed by atoms with E-state index in [0.29, 0.717) is 17.7 Å². The third kappa shape index (κ3) is 2.99. The maximum absolute atomic E-state index is 13.3. The summed E-state index contributed by atoms with van der Waals surface area (Å²) in [6.07, 6.45) is 3.96. The molecule has 2 aromatic rings. The zero-order chi connectivity index (χ0) is 16.3. The highest BCUT2D eigenvalue weighted by molar-refractivity contribution is 7.93. The molecule has 0 aromatic heterocycles. The zero-order valence-electron chi connectivity index (χ0n) is 12.7. The monoisotopic (exact) mass is 326 g/mol. The molecule has 0 saturated carbocycles. The molecule has 0 spiro atoms. The van der Waals surface area contributed by atoms with Crippen LogP contribution in [0, 0.1) is 0 Å². The highest BCUT2D eigenvalue weighted by Gasteiger charge is 2.44. The molecule has 3 rings (SSSR count). The van der Waals surface area contributed by atoms with Gasteiger partial charge in [-0.1, -0.05) is 54.6 Å². The third-order valence-electron chi connectivity index (χ3n) is 4.30. The number of hydrogen-bond acceptors (Lipinski definition) is 3. The zero-order valence-corrected chi connectivity index (χ0v) is 13.5. The van der Waals surface area contributed by atoms with Crippen LogP contribution >= 0.6 is 0 Å². The molecule has 23 heavy (non-hydrogen) atoms. The predicted molar refractivity (Wildman–Crippen MR) is 89.9 cm³/mol. The standard InChI is InChI=1S/C19H18O3S/c20-17-11-13-19(14-12-17,15-16-7-3-1-4-8-16)23(21,22)18-9-5-2-6-10-18/h1-11,13H,12,14-15H2. The average molecular weight is 326 g/mol. The number of carbonyl (C=O) groups is 1. The van der Waals surface area contributed by atoms with Crippen molar-refractivity contribution in [1.29, 1.82) is 0 Å². The van der Waals surface area contributed by atoms with Gasteiger partial charge in [-0.15, -0.1) is 0 Å². The summed E-state index contributed by atoms with van der Waals surface area (Å²) in [5.74, 6) is -0.0167. The number of allylic oxidation sites excluding steroid dienone is 1. The molecule has 0 radical (unpaired) electrons. The minimum Gasteiger partial charge on any atom is -0.295 e. The average Bonchev–Trinajstić information content (AvgIpc) is 2.59. The lowest BCUT2D eigenvalue weighted by molar-refractivity contribution is -0.115.